The van der Waals surface area contributed by atoms with Crippen molar-refractivity contribution < 1.29 is 4.21 Å². The van der Waals surface area contributed by atoms with Crippen molar-refractivity contribution in [1.29, 1.82) is 0 Å². The molecule has 0 aliphatic carbocycles. The molecule has 1 N–H and O–H groups in total. The molecule has 0 aliphatic heterocycles. The van der Waals surface area contributed by atoms with Crippen LogP contribution in [0.3, 0.4) is 0 Å². The number of hydrogen-bond acceptors (Lipinski definition) is 1. The fourth-order valence-corrected chi connectivity index (χ4v) is 2.28. The van der Waals surface area contributed by atoms with Gasteiger partial charge in [-0.1, -0.05) is 30.3 Å². The topological polar surface area (TPSA) is 29.1 Å². The van der Waals surface area contributed by atoms with Gasteiger partial charge in [-0.2, -0.15) is 0 Å². The third-order valence-electron chi connectivity index (χ3n) is 2.57. The van der Waals surface area contributed by atoms with Crippen LogP contribution in [-0.2, 0) is 17.4 Å². The van der Waals surface area contributed by atoms with Crippen molar-refractivity contribution in [2.45, 2.75) is 51.3 Å². The first kappa shape index (κ1) is 14.4. The molecular formula is C14H23NOS. The van der Waals surface area contributed by atoms with Gasteiger partial charge in [0.25, 0.3) is 0 Å². The summed E-state index contributed by atoms with van der Waals surface area (Å²) in [6.45, 7) is 8.05. The van der Waals surface area contributed by atoms with Crippen LogP contribution >= 0.6 is 0 Å². The molecule has 0 bridgehead atoms. The molecule has 3 heteroatoms. The highest BCUT2D eigenvalue weighted by atomic mass is 32.2. The molecular weight excluding hydrogens is 230 g/mol. The molecule has 0 radical (unpaired) electrons. The molecule has 1 rings (SSSR count). The monoisotopic (exact) mass is 253 g/mol. The predicted octanol–water partition coefficient (Wildman–Crippen LogP) is 3.06. The molecule has 0 amide bonds. The molecule has 0 saturated carbocycles. The van der Waals surface area contributed by atoms with E-state index in [1.807, 2.05) is 26.8 Å². The van der Waals surface area contributed by atoms with Crippen molar-refractivity contribution in [3.63, 3.8) is 0 Å². The number of benzene rings is 1. The molecule has 0 fully saturated rings. The maximum Gasteiger partial charge on any atom is 0.0972 e. The van der Waals surface area contributed by atoms with Gasteiger partial charge in [0.1, 0.15) is 0 Å². The summed E-state index contributed by atoms with van der Waals surface area (Å²) < 4.78 is 14.9. The minimum atomic E-state index is -0.975. The van der Waals surface area contributed by atoms with E-state index in [2.05, 4.69) is 35.9 Å². The van der Waals surface area contributed by atoms with Crippen molar-refractivity contribution in [2.75, 3.05) is 0 Å². The lowest BCUT2D eigenvalue weighted by Gasteiger charge is -2.21. The number of nitrogens with one attached hydrogen (secondary N) is 1. The third-order valence-corrected chi connectivity index (χ3v) is 4.30. The van der Waals surface area contributed by atoms with Gasteiger partial charge in [-0.05, 0) is 46.1 Å². The van der Waals surface area contributed by atoms with Crippen molar-refractivity contribution in [3.8, 4) is 0 Å². The lowest BCUT2D eigenvalue weighted by molar-refractivity contribution is 0.581. The van der Waals surface area contributed by atoms with Gasteiger partial charge in [-0.25, -0.2) is 8.93 Å². The van der Waals surface area contributed by atoms with Crippen LogP contribution in [0.15, 0.2) is 30.3 Å². The van der Waals surface area contributed by atoms with Gasteiger partial charge in [0.2, 0.25) is 0 Å². The second-order valence-electron chi connectivity index (χ2n) is 5.42. The molecule has 1 aromatic carbocycles. The molecule has 0 heterocycles. The molecule has 1 unspecified atom stereocenters. The maximum atomic E-state index is 11.9. The zero-order valence-corrected chi connectivity index (χ0v) is 12.0. The maximum absolute atomic E-state index is 11.9. The Morgan fingerprint density at radius 1 is 1.24 bits per heavy atom. The Morgan fingerprint density at radius 2 is 1.82 bits per heavy atom. The van der Waals surface area contributed by atoms with E-state index in [1.54, 1.807) is 0 Å². The average molecular weight is 253 g/mol. The van der Waals surface area contributed by atoms with E-state index in [1.165, 1.54) is 5.56 Å². The fourth-order valence-electron chi connectivity index (χ4n) is 1.45. The Hall–Kier alpha value is -0.670. The number of aryl methyl sites for hydroxylation is 1. The standard InChI is InChI=1S/C14H23NOS/c1-12(15-17(16)14(2,3)4)10-11-13-8-6-5-7-9-13/h5-9,12,15H,10-11H2,1-4H3/t12-,17?/m1/s1. The van der Waals surface area contributed by atoms with Crippen LogP contribution in [0.1, 0.15) is 39.7 Å². The van der Waals surface area contributed by atoms with Crippen LogP contribution in [0, 0.1) is 0 Å². The van der Waals surface area contributed by atoms with Gasteiger partial charge < -0.3 is 0 Å². The highest BCUT2D eigenvalue weighted by Gasteiger charge is 2.20. The molecule has 2 atom stereocenters. The zero-order valence-electron chi connectivity index (χ0n) is 11.2. The van der Waals surface area contributed by atoms with Crippen molar-refractivity contribution in [2.24, 2.45) is 0 Å². The highest BCUT2D eigenvalue weighted by Crippen LogP contribution is 2.11. The van der Waals surface area contributed by atoms with Crippen LogP contribution in [0.5, 0.6) is 0 Å². The summed E-state index contributed by atoms with van der Waals surface area (Å²) in [5.74, 6) is 0. The summed E-state index contributed by atoms with van der Waals surface area (Å²) in [5, 5.41) is 0. The zero-order chi connectivity index (χ0) is 12.9. The van der Waals surface area contributed by atoms with Crippen LogP contribution in [0.4, 0.5) is 0 Å². The minimum absolute atomic E-state index is 0.193. The van der Waals surface area contributed by atoms with Crippen LogP contribution in [-0.4, -0.2) is 15.0 Å². The Balaban J connectivity index is 2.36. The van der Waals surface area contributed by atoms with Crippen molar-refractivity contribution in [3.05, 3.63) is 35.9 Å². The largest absolute Gasteiger partial charge is 0.242 e. The molecule has 2 nitrogen and oxygen atoms in total. The summed E-state index contributed by atoms with van der Waals surface area (Å²) in [6, 6.07) is 10.7. The second-order valence-corrected chi connectivity index (χ2v) is 7.42. The van der Waals surface area contributed by atoms with Gasteiger partial charge in [0.05, 0.1) is 15.7 Å². The Morgan fingerprint density at radius 3 is 2.35 bits per heavy atom. The predicted molar refractivity (Wildman–Crippen MR) is 75.3 cm³/mol. The van der Waals surface area contributed by atoms with Gasteiger partial charge >= 0.3 is 0 Å². The highest BCUT2D eigenvalue weighted by molar-refractivity contribution is 7.84. The SMILES string of the molecule is C[C@H](CCc1ccccc1)NS(=O)C(C)(C)C. The first-order valence-electron chi connectivity index (χ1n) is 6.11. The van der Waals surface area contributed by atoms with E-state index in [4.69, 9.17) is 0 Å². The van der Waals surface area contributed by atoms with E-state index in [0.29, 0.717) is 0 Å². The fraction of sp³-hybridized carbons (Fsp3) is 0.571. The van der Waals surface area contributed by atoms with Crippen LogP contribution in [0.2, 0.25) is 0 Å². The van der Waals surface area contributed by atoms with Crippen LogP contribution in [0.25, 0.3) is 0 Å². The van der Waals surface area contributed by atoms with Crippen molar-refractivity contribution in [1.82, 2.24) is 4.72 Å². The normalized spacial score (nSPS) is 15.5. The van der Waals surface area contributed by atoms with E-state index >= 15 is 0 Å². The molecule has 0 aliphatic rings. The molecule has 1 aromatic rings. The van der Waals surface area contributed by atoms with Gasteiger partial charge in [-0.15, -0.1) is 0 Å². The number of rotatable bonds is 5. The summed E-state index contributed by atoms with van der Waals surface area (Å²) in [5.41, 5.74) is 1.34. The van der Waals surface area contributed by atoms with Gasteiger partial charge in [-0.3, -0.25) is 0 Å². The van der Waals surface area contributed by atoms with Gasteiger partial charge in [0, 0.05) is 6.04 Å². The van der Waals surface area contributed by atoms with E-state index < -0.39 is 11.0 Å². The van der Waals surface area contributed by atoms with E-state index in [9.17, 15) is 4.21 Å². The molecule has 0 saturated heterocycles. The molecule has 0 aromatic heterocycles. The smallest absolute Gasteiger partial charge is 0.0972 e. The lowest BCUT2D eigenvalue weighted by atomic mass is 10.1. The summed E-state index contributed by atoms with van der Waals surface area (Å²) >= 11 is 0. The molecule has 96 valence electrons. The third kappa shape index (κ3) is 5.46. The molecule has 17 heavy (non-hydrogen) atoms. The quantitative estimate of drug-likeness (QED) is 0.858. The molecule has 0 spiro atoms. The Labute approximate surface area is 107 Å². The second kappa shape index (κ2) is 6.31. The summed E-state index contributed by atoms with van der Waals surface area (Å²) in [6.07, 6.45) is 2.03. The first-order chi connectivity index (χ1) is 7.89. The summed E-state index contributed by atoms with van der Waals surface area (Å²) in [7, 11) is -0.975. The minimum Gasteiger partial charge on any atom is -0.242 e. The van der Waals surface area contributed by atoms with Gasteiger partial charge in [0.15, 0.2) is 0 Å². The van der Waals surface area contributed by atoms with E-state index in [0.717, 1.165) is 12.8 Å². The van der Waals surface area contributed by atoms with Crippen molar-refractivity contribution >= 4 is 11.0 Å². The summed E-state index contributed by atoms with van der Waals surface area (Å²) in [4.78, 5) is 0. The van der Waals surface area contributed by atoms with Crippen LogP contribution < -0.4 is 4.72 Å². The average Bonchev–Trinajstić information content (AvgIpc) is 2.26. The lowest BCUT2D eigenvalue weighted by Crippen LogP contribution is -2.38. The van der Waals surface area contributed by atoms with E-state index in [-0.39, 0.29) is 10.8 Å². The first-order valence-corrected chi connectivity index (χ1v) is 7.26. The Bertz CT molecular complexity index is 356. The number of hydrogen-bond donors (Lipinski definition) is 1. The Kier molecular flexibility index (Phi) is 5.34.